The standard InChI is InChI=1S/C19H17ClN4O2/c1-10-6-11(2)8-14(7-10)23-18(25)16-17(19(23)26)24(22-21-16)13-5-4-12(3)15(20)9-13/h4-9,16-17H,1-3H3/t16-,17+/m1/s1. The average Bonchev–Trinajstić information content (AvgIpc) is 3.10. The normalized spacial score (nSPS) is 21.7. The Morgan fingerprint density at radius 3 is 2.27 bits per heavy atom. The Morgan fingerprint density at radius 1 is 0.923 bits per heavy atom. The second-order valence-electron chi connectivity index (χ2n) is 6.73. The lowest BCUT2D eigenvalue weighted by molar-refractivity contribution is -0.121. The molecule has 7 heteroatoms. The van der Waals surface area contributed by atoms with Crippen LogP contribution in [0.1, 0.15) is 16.7 Å². The number of halogens is 1. The van der Waals surface area contributed by atoms with E-state index >= 15 is 0 Å². The summed E-state index contributed by atoms with van der Waals surface area (Å²) in [6, 6.07) is 9.45. The molecule has 6 nitrogen and oxygen atoms in total. The number of imide groups is 1. The fourth-order valence-corrected chi connectivity index (χ4v) is 3.61. The number of rotatable bonds is 2. The second kappa shape index (κ2) is 5.92. The summed E-state index contributed by atoms with van der Waals surface area (Å²) in [7, 11) is 0. The number of aryl methyl sites for hydroxylation is 3. The van der Waals surface area contributed by atoms with E-state index in [2.05, 4.69) is 10.3 Å². The predicted octanol–water partition coefficient (Wildman–Crippen LogP) is 3.76. The topological polar surface area (TPSA) is 65.3 Å². The maximum absolute atomic E-state index is 13.1. The maximum Gasteiger partial charge on any atom is 0.263 e. The summed E-state index contributed by atoms with van der Waals surface area (Å²) >= 11 is 6.20. The van der Waals surface area contributed by atoms with Gasteiger partial charge in [0.15, 0.2) is 12.1 Å². The number of carbonyl (C=O) groups is 2. The van der Waals surface area contributed by atoms with E-state index in [1.54, 1.807) is 6.07 Å². The fraction of sp³-hybridized carbons (Fsp3) is 0.263. The molecular weight excluding hydrogens is 352 g/mol. The third-order valence-corrected chi connectivity index (χ3v) is 5.07. The van der Waals surface area contributed by atoms with Crippen molar-refractivity contribution in [2.24, 2.45) is 10.3 Å². The van der Waals surface area contributed by atoms with Crippen LogP contribution in [0.5, 0.6) is 0 Å². The van der Waals surface area contributed by atoms with Crippen molar-refractivity contribution in [3.63, 3.8) is 0 Å². The van der Waals surface area contributed by atoms with Crippen molar-refractivity contribution in [3.05, 3.63) is 58.1 Å². The highest BCUT2D eigenvalue weighted by Gasteiger charge is 2.55. The molecule has 2 atom stereocenters. The van der Waals surface area contributed by atoms with Crippen molar-refractivity contribution in [1.29, 1.82) is 0 Å². The van der Waals surface area contributed by atoms with E-state index in [0.29, 0.717) is 16.4 Å². The Balaban J connectivity index is 1.72. The molecule has 26 heavy (non-hydrogen) atoms. The molecule has 0 N–H and O–H groups in total. The van der Waals surface area contributed by atoms with Gasteiger partial charge in [0.25, 0.3) is 11.8 Å². The first-order valence-electron chi connectivity index (χ1n) is 8.29. The number of hydrogen-bond donors (Lipinski definition) is 0. The minimum absolute atomic E-state index is 0.327. The van der Waals surface area contributed by atoms with Crippen LogP contribution in [0.3, 0.4) is 0 Å². The second-order valence-corrected chi connectivity index (χ2v) is 7.14. The molecule has 0 unspecified atom stereocenters. The number of carbonyl (C=O) groups excluding carboxylic acids is 2. The lowest BCUT2D eigenvalue weighted by Crippen LogP contribution is -2.40. The highest BCUT2D eigenvalue weighted by atomic mass is 35.5. The van der Waals surface area contributed by atoms with Gasteiger partial charge in [-0.15, -0.1) is 0 Å². The van der Waals surface area contributed by atoms with Crippen LogP contribution in [0.15, 0.2) is 46.7 Å². The van der Waals surface area contributed by atoms with E-state index in [9.17, 15) is 9.59 Å². The number of benzene rings is 2. The SMILES string of the molecule is Cc1cc(C)cc(N2C(=O)[C@@H]3[C@@H](N=NN3c3ccc(C)c(Cl)c3)C2=O)c1. The zero-order chi connectivity index (χ0) is 18.6. The third kappa shape index (κ3) is 2.49. The predicted molar refractivity (Wildman–Crippen MR) is 99.5 cm³/mol. The average molecular weight is 369 g/mol. The van der Waals surface area contributed by atoms with Gasteiger partial charge in [-0.1, -0.05) is 29.0 Å². The zero-order valence-corrected chi connectivity index (χ0v) is 15.4. The highest BCUT2D eigenvalue weighted by molar-refractivity contribution is 6.31. The van der Waals surface area contributed by atoms with Crippen molar-refractivity contribution < 1.29 is 9.59 Å². The molecule has 0 bridgehead atoms. The summed E-state index contributed by atoms with van der Waals surface area (Å²) < 4.78 is 0. The molecule has 2 amide bonds. The molecule has 0 radical (unpaired) electrons. The molecule has 1 saturated heterocycles. The fourth-order valence-electron chi connectivity index (χ4n) is 3.43. The van der Waals surface area contributed by atoms with E-state index in [0.717, 1.165) is 16.7 Å². The monoisotopic (exact) mass is 368 g/mol. The lowest BCUT2D eigenvalue weighted by atomic mass is 10.1. The molecule has 4 rings (SSSR count). The Bertz CT molecular complexity index is 952. The summed E-state index contributed by atoms with van der Waals surface area (Å²) in [6.45, 7) is 5.76. The summed E-state index contributed by atoms with van der Waals surface area (Å²) in [5.41, 5.74) is 4.11. The van der Waals surface area contributed by atoms with Crippen LogP contribution in [-0.4, -0.2) is 23.9 Å². The van der Waals surface area contributed by atoms with Gasteiger partial charge in [0.1, 0.15) is 0 Å². The highest BCUT2D eigenvalue weighted by Crippen LogP contribution is 2.36. The van der Waals surface area contributed by atoms with E-state index in [1.807, 2.05) is 51.1 Å². The van der Waals surface area contributed by atoms with Gasteiger partial charge in [-0.25, -0.2) is 9.91 Å². The molecule has 0 aliphatic carbocycles. The smallest absolute Gasteiger partial charge is 0.263 e. The Kier molecular flexibility index (Phi) is 3.80. The maximum atomic E-state index is 13.1. The van der Waals surface area contributed by atoms with Crippen LogP contribution in [0.25, 0.3) is 0 Å². The van der Waals surface area contributed by atoms with Crippen molar-refractivity contribution in [2.45, 2.75) is 32.9 Å². The van der Waals surface area contributed by atoms with Crippen LogP contribution in [-0.2, 0) is 9.59 Å². The number of hydrogen-bond acceptors (Lipinski definition) is 5. The number of fused-ring (bicyclic) bond motifs is 1. The van der Waals surface area contributed by atoms with E-state index in [1.165, 1.54) is 9.91 Å². The first kappa shape index (κ1) is 16.7. The van der Waals surface area contributed by atoms with E-state index in [-0.39, 0.29) is 11.8 Å². The van der Waals surface area contributed by atoms with Crippen LogP contribution < -0.4 is 9.91 Å². The first-order chi connectivity index (χ1) is 12.4. The lowest BCUT2D eigenvalue weighted by Gasteiger charge is -2.21. The number of anilines is 2. The van der Waals surface area contributed by atoms with Crippen LogP contribution >= 0.6 is 11.6 Å². The van der Waals surface area contributed by atoms with Gasteiger partial charge in [-0.3, -0.25) is 9.59 Å². The quantitative estimate of drug-likeness (QED) is 0.758. The van der Waals surface area contributed by atoms with Gasteiger partial charge in [-0.2, -0.15) is 5.11 Å². The van der Waals surface area contributed by atoms with Gasteiger partial charge in [-0.05, 0) is 61.7 Å². The molecule has 2 aliphatic rings. The van der Waals surface area contributed by atoms with Gasteiger partial charge < -0.3 is 0 Å². The zero-order valence-electron chi connectivity index (χ0n) is 14.6. The van der Waals surface area contributed by atoms with Gasteiger partial charge in [0.05, 0.1) is 11.4 Å². The summed E-state index contributed by atoms with van der Waals surface area (Å²) in [6.07, 6.45) is 0. The van der Waals surface area contributed by atoms with Crippen LogP contribution in [0.4, 0.5) is 11.4 Å². The molecular formula is C19H17ClN4O2. The van der Waals surface area contributed by atoms with Crippen molar-refractivity contribution in [1.82, 2.24) is 0 Å². The van der Waals surface area contributed by atoms with Gasteiger partial charge in [0.2, 0.25) is 0 Å². The Labute approximate surface area is 156 Å². The molecule has 2 aromatic carbocycles. The Morgan fingerprint density at radius 2 is 1.62 bits per heavy atom. The van der Waals surface area contributed by atoms with Crippen LogP contribution in [0.2, 0.25) is 5.02 Å². The minimum Gasteiger partial charge on any atom is -0.271 e. The Hall–Kier alpha value is -2.73. The van der Waals surface area contributed by atoms with Crippen molar-refractivity contribution in [2.75, 3.05) is 9.91 Å². The summed E-state index contributed by atoms with van der Waals surface area (Å²) in [4.78, 5) is 27.1. The van der Waals surface area contributed by atoms with Gasteiger partial charge in [0, 0.05) is 5.02 Å². The van der Waals surface area contributed by atoms with Crippen molar-refractivity contribution >= 4 is 34.8 Å². The minimum atomic E-state index is -0.830. The van der Waals surface area contributed by atoms with Gasteiger partial charge >= 0.3 is 0 Å². The molecule has 1 fully saturated rings. The van der Waals surface area contributed by atoms with E-state index in [4.69, 9.17) is 11.6 Å². The number of amides is 2. The molecule has 0 aromatic heterocycles. The largest absolute Gasteiger partial charge is 0.271 e. The van der Waals surface area contributed by atoms with E-state index < -0.39 is 12.1 Å². The van der Waals surface area contributed by atoms with Crippen LogP contribution in [0, 0.1) is 20.8 Å². The number of nitrogens with zero attached hydrogens (tertiary/aromatic N) is 4. The first-order valence-corrected chi connectivity index (χ1v) is 8.67. The molecule has 132 valence electrons. The molecule has 2 aromatic rings. The molecule has 2 heterocycles. The summed E-state index contributed by atoms with van der Waals surface area (Å²) in [5.74, 6) is -0.679. The summed E-state index contributed by atoms with van der Waals surface area (Å²) in [5, 5.41) is 10.2. The molecule has 0 spiro atoms. The molecule has 2 aliphatic heterocycles. The van der Waals surface area contributed by atoms with Crippen molar-refractivity contribution in [3.8, 4) is 0 Å². The third-order valence-electron chi connectivity index (χ3n) is 4.67. The molecule has 0 saturated carbocycles.